The largest absolute Gasteiger partial charge is 0.384 e. The fourth-order valence-corrected chi connectivity index (χ4v) is 2.69. The van der Waals surface area contributed by atoms with Crippen molar-refractivity contribution in [2.75, 3.05) is 10.6 Å². The number of urea groups is 1. The van der Waals surface area contributed by atoms with Crippen molar-refractivity contribution in [3.05, 3.63) is 83.9 Å². The molecule has 8 N–H and O–H groups in total. The Hall–Kier alpha value is -4.13. The maximum absolute atomic E-state index is 12.4. The Kier molecular flexibility index (Phi) is 5.36. The van der Waals surface area contributed by atoms with Crippen LogP contribution in [0.4, 0.5) is 16.2 Å². The highest BCUT2D eigenvalue weighted by atomic mass is 16.2. The van der Waals surface area contributed by atoms with Gasteiger partial charge in [-0.2, -0.15) is 0 Å². The minimum Gasteiger partial charge on any atom is -0.384 e. The minimum atomic E-state index is -0.386. The summed E-state index contributed by atoms with van der Waals surface area (Å²) in [5, 5.41) is 20.5. The predicted molar refractivity (Wildman–Crippen MR) is 113 cm³/mol. The lowest BCUT2D eigenvalue weighted by Crippen LogP contribution is -2.20. The number of nitrogens with one attached hydrogen (secondary N) is 4. The topological polar surface area (TPSA) is 141 Å². The summed E-state index contributed by atoms with van der Waals surface area (Å²) in [4.78, 5) is 12.4. The van der Waals surface area contributed by atoms with Crippen LogP contribution in [0.25, 0.3) is 11.1 Å². The van der Waals surface area contributed by atoms with Crippen molar-refractivity contribution < 1.29 is 4.79 Å². The number of benzene rings is 3. The monoisotopic (exact) mass is 372 g/mol. The van der Waals surface area contributed by atoms with E-state index in [9.17, 15) is 4.79 Å². The summed E-state index contributed by atoms with van der Waals surface area (Å²) in [6.07, 6.45) is 0. The molecule has 7 nitrogen and oxygen atoms in total. The van der Waals surface area contributed by atoms with Crippen molar-refractivity contribution in [1.29, 1.82) is 10.8 Å². The Bertz CT molecular complexity index is 1030. The van der Waals surface area contributed by atoms with Gasteiger partial charge in [0.1, 0.15) is 11.7 Å². The molecule has 0 aromatic heterocycles. The van der Waals surface area contributed by atoms with Gasteiger partial charge < -0.3 is 22.1 Å². The van der Waals surface area contributed by atoms with E-state index in [-0.39, 0.29) is 17.7 Å². The van der Waals surface area contributed by atoms with E-state index in [1.54, 1.807) is 36.4 Å². The fourth-order valence-electron chi connectivity index (χ4n) is 2.69. The van der Waals surface area contributed by atoms with Gasteiger partial charge in [0.15, 0.2) is 0 Å². The van der Waals surface area contributed by atoms with Gasteiger partial charge in [-0.1, -0.05) is 42.5 Å². The number of carbonyl (C=O) groups excluding carboxylic acids is 1. The number of amides is 2. The number of hydrogen-bond donors (Lipinski definition) is 6. The van der Waals surface area contributed by atoms with Crippen LogP contribution in [0, 0.1) is 10.8 Å². The number of amidine groups is 2. The van der Waals surface area contributed by atoms with E-state index in [1.807, 2.05) is 36.4 Å². The second-order valence-electron chi connectivity index (χ2n) is 6.11. The molecule has 0 bridgehead atoms. The molecule has 0 radical (unpaired) electrons. The fraction of sp³-hybridized carbons (Fsp3) is 0. The molecule has 0 aliphatic heterocycles. The zero-order valence-electron chi connectivity index (χ0n) is 15.0. The molecule has 3 rings (SSSR count). The van der Waals surface area contributed by atoms with Gasteiger partial charge in [0.25, 0.3) is 0 Å². The lowest BCUT2D eigenvalue weighted by Gasteiger charge is -2.13. The zero-order chi connectivity index (χ0) is 20.1. The predicted octanol–water partition coefficient (Wildman–Crippen LogP) is 3.57. The summed E-state index contributed by atoms with van der Waals surface area (Å²) >= 11 is 0. The van der Waals surface area contributed by atoms with Gasteiger partial charge in [0.2, 0.25) is 0 Å². The Morgan fingerprint density at radius 3 is 1.82 bits per heavy atom. The van der Waals surface area contributed by atoms with Gasteiger partial charge in [0.05, 0.1) is 5.69 Å². The van der Waals surface area contributed by atoms with Crippen molar-refractivity contribution in [1.82, 2.24) is 0 Å². The molecule has 0 aliphatic rings. The highest BCUT2D eigenvalue weighted by molar-refractivity contribution is 6.03. The van der Waals surface area contributed by atoms with E-state index in [0.29, 0.717) is 22.5 Å². The van der Waals surface area contributed by atoms with Crippen molar-refractivity contribution in [2.45, 2.75) is 0 Å². The second kappa shape index (κ2) is 8.05. The van der Waals surface area contributed by atoms with E-state index in [1.165, 1.54) is 0 Å². The van der Waals surface area contributed by atoms with Crippen LogP contribution >= 0.6 is 0 Å². The van der Waals surface area contributed by atoms with E-state index < -0.39 is 0 Å². The van der Waals surface area contributed by atoms with Crippen LogP contribution in [-0.2, 0) is 0 Å². The molecule has 0 heterocycles. The van der Waals surface area contributed by atoms with Gasteiger partial charge >= 0.3 is 6.03 Å². The van der Waals surface area contributed by atoms with Crippen LogP contribution in [0.1, 0.15) is 11.1 Å². The maximum Gasteiger partial charge on any atom is 0.323 e. The van der Waals surface area contributed by atoms with Gasteiger partial charge in [0, 0.05) is 22.4 Å². The highest BCUT2D eigenvalue weighted by Gasteiger charge is 2.09. The number of anilines is 2. The van der Waals surface area contributed by atoms with E-state index in [4.69, 9.17) is 22.3 Å². The van der Waals surface area contributed by atoms with E-state index >= 15 is 0 Å². The standard InChI is InChI=1S/C21H20N6O/c22-19(23)14-7-5-13(6-8-14)17-3-1-2-4-18(17)27-21(28)26-16-11-9-15(10-12-16)20(24)25/h1-12H,(H3,22,23)(H3,24,25)(H2,26,27,28). The van der Waals surface area contributed by atoms with Crippen LogP contribution in [-0.4, -0.2) is 17.7 Å². The van der Waals surface area contributed by atoms with Crippen molar-refractivity contribution in [2.24, 2.45) is 11.5 Å². The van der Waals surface area contributed by atoms with E-state index in [0.717, 1.165) is 11.1 Å². The van der Waals surface area contributed by atoms with Gasteiger partial charge in [-0.15, -0.1) is 0 Å². The molecule has 0 spiro atoms. The first kappa shape index (κ1) is 18.7. The Morgan fingerprint density at radius 1 is 0.714 bits per heavy atom. The average molecular weight is 372 g/mol. The first-order chi connectivity index (χ1) is 13.4. The second-order valence-corrected chi connectivity index (χ2v) is 6.11. The number of hydrogen-bond acceptors (Lipinski definition) is 3. The average Bonchev–Trinajstić information content (AvgIpc) is 2.69. The molecule has 0 saturated heterocycles. The van der Waals surface area contributed by atoms with Gasteiger partial charge in [-0.05, 0) is 35.9 Å². The van der Waals surface area contributed by atoms with Crippen molar-refractivity contribution in [3.8, 4) is 11.1 Å². The molecule has 140 valence electrons. The molecular weight excluding hydrogens is 352 g/mol. The third-order valence-corrected chi connectivity index (χ3v) is 4.14. The Morgan fingerprint density at radius 2 is 1.25 bits per heavy atom. The van der Waals surface area contributed by atoms with Crippen molar-refractivity contribution >= 4 is 29.1 Å². The third kappa shape index (κ3) is 4.34. The summed E-state index contributed by atoms with van der Waals surface area (Å²) in [5.41, 5.74) is 15.1. The number of para-hydroxylation sites is 1. The Labute approximate surface area is 162 Å². The number of nitrogen functional groups attached to an aromatic ring is 2. The molecule has 0 aliphatic carbocycles. The minimum absolute atomic E-state index is 0.00753. The summed E-state index contributed by atoms with van der Waals surface area (Å²) in [7, 11) is 0. The maximum atomic E-state index is 12.4. The van der Waals surface area contributed by atoms with Crippen LogP contribution in [0.15, 0.2) is 72.8 Å². The molecule has 0 atom stereocenters. The first-order valence-electron chi connectivity index (χ1n) is 8.50. The van der Waals surface area contributed by atoms with Crippen LogP contribution in [0.3, 0.4) is 0 Å². The van der Waals surface area contributed by atoms with Crippen molar-refractivity contribution in [3.63, 3.8) is 0 Å². The SMILES string of the molecule is N=C(N)c1ccc(NC(=O)Nc2ccccc2-c2ccc(C(=N)N)cc2)cc1. The molecule has 0 unspecified atom stereocenters. The molecule has 3 aromatic rings. The number of carbonyl (C=O) groups is 1. The molecule has 7 heteroatoms. The smallest absolute Gasteiger partial charge is 0.323 e. The summed E-state index contributed by atoms with van der Waals surface area (Å²) in [5.74, 6) is -0.0196. The van der Waals surface area contributed by atoms with Crippen LogP contribution in [0.5, 0.6) is 0 Å². The van der Waals surface area contributed by atoms with Crippen LogP contribution < -0.4 is 22.1 Å². The summed E-state index contributed by atoms with van der Waals surface area (Å²) in [6, 6.07) is 21.0. The third-order valence-electron chi connectivity index (χ3n) is 4.14. The van der Waals surface area contributed by atoms with Gasteiger partial charge in [-0.3, -0.25) is 10.8 Å². The molecular formula is C21H20N6O. The number of rotatable bonds is 5. The summed E-state index contributed by atoms with van der Waals surface area (Å²) in [6.45, 7) is 0. The molecule has 3 aromatic carbocycles. The lowest BCUT2D eigenvalue weighted by molar-refractivity contribution is 0.262. The summed E-state index contributed by atoms with van der Waals surface area (Å²) < 4.78 is 0. The van der Waals surface area contributed by atoms with E-state index in [2.05, 4.69) is 10.6 Å². The zero-order valence-corrected chi connectivity index (χ0v) is 15.0. The Balaban J connectivity index is 1.76. The number of nitrogens with two attached hydrogens (primary N) is 2. The first-order valence-corrected chi connectivity index (χ1v) is 8.50. The molecule has 0 saturated carbocycles. The molecule has 28 heavy (non-hydrogen) atoms. The lowest BCUT2D eigenvalue weighted by atomic mass is 10.0. The quantitative estimate of drug-likeness (QED) is 0.301. The van der Waals surface area contributed by atoms with Gasteiger partial charge in [-0.25, -0.2) is 4.79 Å². The molecule has 0 fully saturated rings. The molecule has 2 amide bonds. The highest BCUT2D eigenvalue weighted by Crippen LogP contribution is 2.28. The van der Waals surface area contributed by atoms with Crippen LogP contribution in [0.2, 0.25) is 0 Å². The normalized spacial score (nSPS) is 10.1.